The molecule has 0 spiro atoms. The molecule has 0 heterocycles. The molecule has 0 fully saturated rings. The summed E-state index contributed by atoms with van der Waals surface area (Å²) in [6.45, 7) is 1.86. The second kappa shape index (κ2) is 6.50. The summed E-state index contributed by atoms with van der Waals surface area (Å²) in [6, 6.07) is 12.1. The van der Waals surface area contributed by atoms with Gasteiger partial charge in [0.25, 0.3) is 5.91 Å². The van der Waals surface area contributed by atoms with Gasteiger partial charge in [0.1, 0.15) is 5.82 Å². The monoisotopic (exact) mass is 399 g/mol. The second-order valence-corrected chi connectivity index (χ2v) is 6.12. The normalized spacial score (nSPS) is 12.0. The van der Waals surface area contributed by atoms with E-state index in [4.69, 9.17) is 0 Å². The van der Waals surface area contributed by atoms with Gasteiger partial charge in [0, 0.05) is 4.47 Å². The number of amides is 1. The molecule has 1 unspecified atom stereocenters. The Kier molecular flexibility index (Phi) is 4.94. The zero-order valence-electron chi connectivity index (χ0n) is 10.7. The van der Waals surface area contributed by atoms with Crippen LogP contribution in [0.2, 0.25) is 0 Å². The molecule has 0 aliphatic heterocycles. The average molecular weight is 401 g/mol. The van der Waals surface area contributed by atoms with Gasteiger partial charge in [0.15, 0.2) is 0 Å². The minimum atomic E-state index is -0.548. The van der Waals surface area contributed by atoms with Crippen molar-refractivity contribution in [2.45, 2.75) is 13.0 Å². The van der Waals surface area contributed by atoms with Crippen LogP contribution in [0.5, 0.6) is 0 Å². The highest BCUT2D eigenvalue weighted by molar-refractivity contribution is 9.10. The molecule has 0 bridgehead atoms. The molecule has 1 amide bonds. The number of carbonyl (C=O) groups is 1. The summed E-state index contributed by atoms with van der Waals surface area (Å²) in [7, 11) is 0. The Labute approximate surface area is 133 Å². The second-order valence-electron chi connectivity index (χ2n) is 4.35. The van der Waals surface area contributed by atoms with Crippen LogP contribution in [0.4, 0.5) is 4.39 Å². The minimum absolute atomic E-state index is 0.0309. The molecule has 5 heteroatoms. The molecule has 0 aromatic heterocycles. The van der Waals surface area contributed by atoms with Crippen molar-refractivity contribution < 1.29 is 9.18 Å². The molecule has 0 saturated carbocycles. The Balaban J connectivity index is 2.15. The predicted molar refractivity (Wildman–Crippen MR) is 84.1 cm³/mol. The first-order valence-electron chi connectivity index (χ1n) is 5.99. The van der Waals surface area contributed by atoms with Crippen molar-refractivity contribution in [3.05, 3.63) is 68.4 Å². The third-order valence-corrected chi connectivity index (χ3v) is 4.05. The predicted octanol–water partition coefficient (Wildman–Crippen LogP) is 4.84. The highest BCUT2D eigenvalue weighted by Crippen LogP contribution is 2.20. The number of benzene rings is 2. The van der Waals surface area contributed by atoms with Gasteiger partial charge >= 0.3 is 0 Å². The van der Waals surface area contributed by atoms with E-state index < -0.39 is 11.7 Å². The first-order valence-corrected chi connectivity index (χ1v) is 7.58. The van der Waals surface area contributed by atoms with Crippen molar-refractivity contribution in [1.82, 2.24) is 5.32 Å². The lowest BCUT2D eigenvalue weighted by Crippen LogP contribution is -2.27. The van der Waals surface area contributed by atoms with E-state index in [1.807, 2.05) is 31.2 Å². The molecule has 104 valence electrons. The van der Waals surface area contributed by atoms with Crippen molar-refractivity contribution in [3.8, 4) is 0 Å². The molecule has 20 heavy (non-hydrogen) atoms. The Morgan fingerprint density at radius 2 is 1.80 bits per heavy atom. The summed E-state index contributed by atoms with van der Waals surface area (Å²) in [5.74, 6) is -0.979. The number of halogens is 3. The fraction of sp³-hybridized carbons (Fsp3) is 0.133. The minimum Gasteiger partial charge on any atom is -0.345 e. The topological polar surface area (TPSA) is 29.1 Å². The van der Waals surface area contributed by atoms with Crippen LogP contribution in [0.15, 0.2) is 51.4 Å². The molecule has 2 aromatic rings. The van der Waals surface area contributed by atoms with Gasteiger partial charge in [0.2, 0.25) is 0 Å². The third kappa shape index (κ3) is 3.46. The van der Waals surface area contributed by atoms with E-state index in [0.717, 1.165) is 10.0 Å². The molecule has 1 N–H and O–H groups in total. The van der Waals surface area contributed by atoms with Crippen LogP contribution < -0.4 is 5.32 Å². The van der Waals surface area contributed by atoms with Crippen LogP contribution in [0.25, 0.3) is 0 Å². The van der Waals surface area contributed by atoms with Gasteiger partial charge in [-0.15, -0.1) is 0 Å². The lowest BCUT2D eigenvalue weighted by Gasteiger charge is -2.15. The Bertz CT molecular complexity index is 628. The number of hydrogen-bond acceptors (Lipinski definition) is 1. The van der Waals surface area contributed by atoms with Crippen molar-refractivity contribution >= 4 is 37.8 Å². The number of rotatable bonds is 3. The SMILES string of the molecule is CC(NC(=O)c1cccc(Br)c1F)c1ccc(Br)cc1. The molecule has 2 nitrogen and oxygen atoms in total. The molecule has 1 atom stereocenters. The molecule has 0 aliphatic carbocycles. The van der Waals surface area contributed by atoms with Crippen LogP contribution >= 0.6 is 31.9 Å². The quantitative estimate of drug-likeness (QED) is 0.784. The van der Waals surface area contributed by atoms with Crippen LogP contribution in [-0.2, 0) is 0 Å². The van der Waals surface area contributed by atoms with Gasteiger partial charge in [-0.1, -0.05) is 34.1 Å². The maximum Gasteiger partial charge on any atom is 0.254 e. The van der Waals surface area contributed by atoms with E-state index in [1.165, 1.54) is 6.07 Å². The van der Waals surface area contributed by atoms with E-state index in [1.54, 1.807) is 12.1 Å². The molecule has 0 radical (unpaired) electrons. The van der Waals surface area contributed by atoms with E-state index in [-0.39, 0.29) is 16.1 Å². The molecular formula is C15H12Br2FNO. The average Bonchev–Trinajstić information content (AvgIpc) is 2.42. The van der Waals surface area contributed by atoms with E-state index in [0.29, 0.717) is 0 Å². The first-order chi connectivity index (χ1) is 9.49. The molecule has 2 rings (SSSR count). The zero-order chi connectivity index (χ0) is 14.7. The van der Waals surface area contributed by atoms with Gasteiger partial charge in [-0.25, -0.2) is 4.39 Å². The van der Waals surface area contributed by atoms with Gasteiger partial charge in [-0.2, -0.15) is 0 Å². The molecule has 2 aromatic carbocycles. The van der Waals surface area contributed by atoms with Gasteiger partial charge < -0.3 is 5.32 Å². The van der Waals surface area contributed by atoms with Crippen molar-refractivity contribution in [2.24, 2.45) is 0 Å². The molecule has 0 aliphatic rings. The smallest absolute Gasteiger partial charge is 0.254 e. The maximum absolute atomic E-state index is 13.8. The third-order valence-electron chi connectivity index (χ3n) is 2.91. The van der Waals surface area contributed by atoms with E-state index in [2.05, 4.69) is 37.2 Å². The van der Waals surface area contributed by atoms with Gasteiger partial charge in [0.05, 0.1) is 16.1 Å². The number of carbonyl (C=O) groups excluding carboxylic acids is 1. The lowest BCUT2D eigenvalue weighted by atomic mass is 10.1. The van der Waals surface area contributed by atoms with Crippen molar-refractivity contribution in [1.29, 1.82) is 0 Å². The highest BCUT2D eigenvalue weighted by atomic mass is 79.9. The summed E-state index contributed by atoms with van der Waals surface area (Å²) in [5, 5.41) is 2.78. The number of hydrogen-bond donors (Lipinski definition) is 1. The lowest BCUT2D eigenvalue weighted by molar-refractivity contribution is 0.0935. The van der Waals surface area contributed by atoms with E-state index in [9.17, 15) is 9.18 Å². The zero-order valence-corrected chi connectivity index (χ0v) is 13.8. The summed E-state index contributed by atoms with van der Waals surface area (Å²) in [6.07, 6.45) is 0. The summed E-state index contributed by atoms with van der Waals surface area (Å²) in [4.78, 5) is 12.1. The van der Waals surface area contributed by atoms with Crippen LogP contribution in [-0.4, -0.2) is 5.91 Å². The molecular weight excluding hydrogens is 389 g/mol. The Morgan fingerprint density at radius 3 is 2.45 bits per heavy atom. The van der Waals surface area contributed by atoms with Crippen molar-refractivity contribution in [2.75, 3.05) is 0 Å². The Hall–Kier alpha value is -1.20. The Morgan fingerprint density at radius 1 is 1.15 bits per heavy atom. The summed E-state index contributed by atoms with van der Waals surface area (Å²) in [5.41, 5.74) is 0.986. The van der Waals surface area contributed by atoms with Gasteiger partial charge in [-0.05, 0) is 52.7 Å². The fourth-order valence-corrected chi connectivity index (χ4v) is 2.42. The van der Waals surface area contributed by atoms with Crippen LogP contribution in [0, 0.1) is 5.82 Å². The maximum atomic E-state index is 13.8. The first kappa shape index (κ1) is 15.2. The summed E-state index contributed by atoms with van der Waals surface area (Å²) < 4.78 is 15.1. The van der Waals surface area contributed by atoms with E-state index >= 15 is 0 Å². The largest absolute Gasteiger partial charge is 0.345 e. The van der Waals surface area contributed by atoms with Crippen LogP contribution in [0.1, 0.15) is 28.9 Å². The standard InChI is InChI=1S/C15H12Br2FNO/c1-9(10-5-7-11(16)8-6-10)19-15(20)12-3-2-4-13(17)14(12)18/h2-9H,1H3,(H,19,20). The van der Waals surface area contributed by atoms with Crippen LogP contribution in [0.3, 0.4) is 0 Å². The summed E-state index contributed by atoms with van der Waals surface area (Å²) >= 11 is 6.43. The molecule has 0 saturated heterocycles. The number of nitrogens with one attached hydrogen (secondary N) is 1. The van der Waals surface area contributed by atoms with Gasteiger partial charge in [-0.3, -0.25) is 4.79 Å². The fourth-order valence-electron chi connectivity index (χ4n) is 1.79. The van der Waals surface area contributed by atoms with Crippen molar-refractivity contribution in [3.63, 3.8) is 0 Å². The highest BCUT2D eigenvalue weighted by Gasteiger charge is 2.16.